The lowest BCUT2D eigenvalue weighted by atomic mass is 9.98. The number of carbonyl (C=O) groups is 2. The van der Waals surface area contributed by atoms with Crippen LogP contribution in [0.25, 0.3) is 0 Å². The fourth-order valence-electron chi connectivity index (χ4n) is 4.13. The number of hydrogen-bond acceptors (Lipinski definition) is 6. The monoisotopic (exact) mass is 482 g/mol. The molecule has 1 saturated heterocycles. The maximum absolute atomic E-state index is 13.3. The van der Waals surface area contributed by atoms with Gasteiger partial charge in [-0.3, -0.25) is 9.59 Å². The van der Waals surface area contributed by atoms with Gasteiger partial charge in [0.05, 0.1) is 30.1 Å². The molecule has 3 aromatic rings. The van der Waals surface area contributed by atoms with Gasteiger partial charge in [-0.05, 0) is 41.3 Å². The first-order valence-corrected chi connectivity index (χ1v) is 12.0. The second kappa shape index (κ2) is 11.5. The van der Waals surface area contributed by atoms with Gasteiger partial charge in [0.25, 0.3) is 0 Å². The highest BCUT2D eigenvalue weighted by Crippen LogP contribution is 2.21. The largest absolute Gasteiger partial charge is 0.359 e. The van der Waals surface area contributed by atoms with Crippen molar-refractivity contribution in [1.29, 1.82) is 5.26 Å². The molecule has 2 N–H and O–H groups in total. The Morgan fingerprint density at radius 2 is 1.81 bits per heavy atom. The third-order valence-electron chi connectivity index (χ3n) is 6.45. The van der Waals surface area contributed by atoms with E-state index in [1.54, 1.807) is 36.3 Å². The molecule has 8 heteroatoms. The molecule has 1 fully saturated rings. The van der Waals surface area contributed by atoms with E-state index in [1.807, 2.05) is 53.4 Å². The summed E-state index contributed by atoms with van der Waals surface area (Å²) in [5.41, 5.74) is 3.42. The number of amides is 2. The number of rotatable bonds is 8. The molecule has 1 aromatic heterocycles. The number of nitriles is 1. The third kappa shape index (κ3) is 6.06. The number of piperazine rings is 1. The van der Waals surface area contributed by atoms with Gasteiger partial charge in [-0.25, -0.2) is 4.98 Å². The van der Waals surface area contributed by atoms with Gasteiger partial charge in [0, 0.05) is 26.7 Å². The Morgan fingerprint density at radius 1 is 1.06 bits per heavy atom. The summed E-state index contributed by atoms with van der Waals surface area (Å²) in [5, 5.41) is 15.3. The van der Waals surface area contributed by atoms with Crippen LogP contribution in [0.5, 0.6) is 0 Å². The Hall–Kier alpha value is -4.22. The summed E-state index contributed by atoms with van der Waals surface area (Å²) in [4.78, 5) is 33.4. The van der Waals surface area contributed by atoms with Gasteiger partial charge in [0.2, 0.25) is 11.8 Å². The van der Waals surface area contributed by atoms with E-state index in [1.165, 1.54) is 0 Å². The maximum Gasteiger partial charge on any atom is 0.247 e. The first-order chi connectivity index (χ1) is 17.4. The summed E-state index contributed by atoms with van der Waals surface area (Å²) in [6.45, 7) is 4.39. The van der Waals surface area contributed by atoms with Gasteiger partial charge in [-0.2, -0.15) is 5.26 Å². The molecule has 1 aliphatic rings. The smallest absolute Gasteiger partial charge is 0.247 e. The van der Waals surface area contributed by atoms with Gasteiger partial charge in [-0.15, -0.1) is 0 Å². The van der Waals surface area contributed by atoms with Crippen molar-refractivity contribution in [3.63, 3.8) is 0 Å². The molecule has 0 spiro atoms. The highest BCUT2D eigenvalue weighted by molar-refractivity contribution is 5.95. The predicted molar refractivity (Wildman–Crippen MR) is 139 cm³/mol. The quantitative estimate of drug-likeness (QED) is 0.511. The van der Waals surface area contributed by atoms with E-state index in [9.17, 15) is 9.59 Å². The van der Waals surface area contributed by atoms with E-state index < -0.39 is 6.04 Å². The van der Waals surface area contributed by atoms with Crippen molar-refractivity contribution >= 4 is 23.3 Å². The molecule has 36 heavy (non-hydrogen) atoms. The zero-order valence-electron chi connectivity index (χ0n) is 20.5. The minimum Gasteiger partial charge on any atom is -0.359 e. The lowest BCUT2D eigenvalue weighted by Gasteiger charge is -2.33. The van der Waals surface area contributed by atoms with Crippen LogP contribution in [0.3, 0.4) is 0 Å². The van der Waals surface area contributed by atoms with Crippen molar-refractivity contribution in [2.45, 2.75) is 18.9 Å². The Labute approximate surface area is 211 Å². The Morgan fingerprint density at radius 3 is 2.44 bits per heavy atom. The van der Waals surface area contributed by atoms with Crippen molar-refractivity contribution in [3.05, 3.63) is 89.6 Å². The van der Waals surface area contributed by atoms with Crippen LogP contribution < -0.4 is 15.5 Å². The van der Waals surface area contributed by atoms with E-state index in [2.05, 4.69) is 28.6 Å². The van der Waals surface area contributed by atoms with Crippen LogP contribution in [0, 0.1) is 11.3 Å². The van der Waals surface area contributed by atoms with Crippen LogP contribution in [0.2, 0.25) is 0 Å². The average Bonchev–Trinajstić information content (AvgIpc) is 2.91. The van der Waals surface area contributed by atoms with Crippen LogP contribution in [0.1, 0.15) is 35.6 Å². The maximum atomic E-state index is 13.3. The number of nitrogens with one attached hydrogen (secondary N) is 2. The second-order valence-electron chi connectivity index (χ2n) is 9.01. The van der Waals surface area contributed by atoms with E-state index >= 15 is 0 Å². The van der Waals surface area contributed by atoms with Gasteiger partial charge in [0.1, 0.15) is 11.9 Å². The minimum absolute atomic E-state index is 0.0747. The number of likely N-dealkylation sites (N-methyl/N-ethyl adjacent to an activating group) is 1. The summed E-state index contributed by atoms with van der Waals surface area (Å²) in [6, 6.07) is 22.3. The molecule has 0 aliphatic carbocycles. The zero-order chi connectivity index (χ0) is 25.5. The number of nitrogens with zero attached hydrogens (tertiary/aromatic N) is 4. The Kier molecular flexibility index (Phi) is 7.93. The normalized spacial score (nSPS) is 15.2. The number of pyridine rings is 1. The van der Waals surface area contributed by atoms with Crippen molar-refractivity contribution < 1.29 is 9.59 Å². The molecule has 4 rings (SSSR count). The number of benzene rings is 2. The summed E-state index contributed by atoms with van der Waals surface area (Å²) in [7, 11) is 1.80. The lowest BCUT2D eigenvalue weighted by molar-refractivity contribution is -0.129. The van der Waals surface area contributed by atoms with Crippen LogP contribution in [-0.4, -0.2) is 54.9 Å². The van der Waals surface area contributed by atoms with Crippen molar-refractivity contribution in [2.24, 2.45) is 0 Å². The second-order valence-corrected chi connectivity index (χ2v) is 9.01. The molecule has 2 heterocycles. The molecule has 184 valence electrons. The number of aromatic nitrogens is 1. The Balaban J connectivity index is 1.42. The summed E-state index contributed by atoms with van der Waals surface area (Å²) in [5.74, 6) is 0.460. The van der Waals surface area contributed by atoms with E-state index in [-0.39, 0.29) is 17.7 Å². The average molecular weight is 483 g/mol. The molecule has 2 aromatic carbocycles. The fourth-order valence-corrected chi connectivity index (χ4v) is 4.13. The van der Waals surface area contributed by atoms with Crippen LogP contribution in [-0.2, 0) is 9.59 Å². The molecular weight excluding hydrogens is 452 g/mol. The first kappa shape index (κ1) is 24.9. The van der Waals surface area contributed by atoms with Gasteiger partial charge in [-0.1, -0.05) is 49.4 Å². The molecule has 0 saturated carbocycles. The molecular formula is C28H30N6O2. The van der Waals surface area contributed by atoms with E-state index in [0.29, 0.717) is 31.0 Å². The van der Waals surface area contributed by atoms with Gasteiger partial charge >= 0.3 is 0 Å². The minimum atomic E-state index is -0.566. The highest BCUT2D eigenvalue weighted by atomic mass is 16.2. The molecule has 0 radical (unpaired) electrons. The van der Waals surface area contributed by atoms with E-state index in [0.717, 1.165) is 23.4 Å². The van der Waals surface area contributed by atoms with Gasteiger partial charge < -0.3 is 20.4 Å². The van der Waals surface area contributed by atoms with Crippen molar-refractivity contribution in [1.82, 2.24) is 15.2 Å². The highest BCUT2D eigenvalue weighted by Gasteiger charge is 2.23. The number of carbonyl (C=O) groups excluding carboxylic acids is 2. The third-order valence-corrected chi connectivity index (χ3v) is 6.45. The molecule has 2 atom stereocenters. The standard InChI is InChI=1S/C28H30N6O2/c1-20(22-10-8-21(16-29)9-11-22)17-31-27(23-6-4-3-5-7-23)28(36)32-25-13-12-24(18-30-25)34-15-14-33(2)26(35)19-34/h3-13,18,20,27,31H,14-15,17,19H2,1-2H3,(H,30,32,36)/t20?,27-/m0/s1. The number of anilines is 2. The van der Waals surface area contributed by atoms with Crippen LogP contribution >= 0.6 is 0 Å². The molecule has 1 aliphatic heterocycles. The summed E-state index contributed by atoms with van der Waals surface area (Å²) < 4.78 is 0. The fraction of sp³-hybridized carbons (Fsp3) is 0.286. The predicted octanol–water partition coefficient (Wildman–Crippen LogP) is 3.30. The van der Waals surface area contributed by atoms with Crippen molar-refractivity contribution in [2.75, 3.05) is 43.4 Å². The first-order valence-electron chi connectivity index (χ1n) is 12.0. The van der Waals surface area contributed by atoms with Gasteiger partial charge in [0.15, 0.2) is 0 Å². The van der Waals surface area contributed by atoms with Crippen molar-refractivity contribution in [3.8, 4) is 6.07 Å². The van der Waals surface area contributed by atoms with E-state index in [4.69, 9.17) is 5.26 Å². The van der Waals surface area contributed by atoms with Crippen LogP contribution in [0.4, 0.5) is 11.5 Å². The molecule has 2 amide bonds. The summed E-state index contributed by atoms with van der Waals surface area (Å²) >= 11 is 0. The Bertz CT molecular complexity index is 1220. The lowest BCUT2D eigenvalue weighted by Crippen LogP contribution is -2.48. The zero-order valence-corrected chi connectivity index (χ0v) is 20.5. The SMILES string of the molecule is CC(CN[C@H](C(=O)Nc1ccc(N2CCN(C)C(=O)C2)cn1)c1ccccc1)c1ccc(C#N)cc1. The summed E-state index contributed by atoms with van der Waals surface area (Å²) in [6.07, 6.45) is 1.69. The van der Waals surface area contributed by atoms with Crippen LogP contribution in [0.15, 0.2) is 72.9 Å². The topological polar surface area (TPSA) is 101 Å². The molecule has 1 unspecified atom stereocenters. The number of hydrogen-bond donors (Lipinski definition) is 2. The molecule has 8 nitrogen and oxygen atoms in total. The molecule has 0 bridgehead atoms.